The summed E-state index contributed by atoms with van der Waals surface area (Å²) in [5.41, 5.74) is 0. The lowest BCUT2D eigenvalue weighted by molar-refractivity contribution is -0.119. The molecule has 1 saturated heterocycles. The number of hydrogen-bond acceptors (Lipinski definition) is 7. The van der Waals surface area contributed by atoms with Crippen molar-refractivity contribution < 1.29 is 17.6 Å². The monoisotopic (exact) mass is 373 g/mol. The average Bonchev–Trinajstić information content (AvgIpc) is 3.14. The van der Waals surface area contributed by atoms with Gasteiger partial charge < -0.3 is 9.73 Å². The van der Waals surface area contributed by atoms with Gasteiger partial charge in [0.15, 0.2) is 9.84 Å². The number of nitrogens with one attached hydrogen (secondary N) is 1. The Morgan fingerprint density at radius 1 is 1.29 bits per heavy atom. The van der Waals surface area contributed by atoms with Crippen molar-refractivity contribution in [2.45, 2.75) is 56.2 Å². The van der Waals surface area contributed by atoms with E-state index in [9.17, 15) is 13.2 Å². The lowest BCUT2D eigenvalue weighted by atomic mass is 9.86. The number of sulfone groups is 1. The summed E-state index contributed by atoms with van der Waals surface area (Å²) in [5, 5.41) is 11.3. The molecule has 1 aliphatic heterocycles. The van der Waals surface area contributed by atoms with Crippen molar-refractivity contribution in [3.63, 3.8) is 0 Å². The van der Waals surface area contributed by atoms with Gasteiger partial charge in [-0.15, -0.1) is 10.2 Å². The Labute approximate surface area is 146 Å². The second-order valence-electron chi connectivity index (χ2n) is 6.73. The molecule has 1 aromatic heterocycles. The summed E-state index contributed by atoms with van der Waals surface area (Å²) in [6.07, 6.45) is 5.13. The predicted molar refractivity (Wildman–Crippen MR) is 90.6 cm³/mol. The molecule has 1 N–H and O–H groups in total. The van der Waals surface area contributed by atoms with E-state index < -0.39 is 9.84 Å². The van der Waals surface area contributed by atoms with Crippen LogP contribution in [0.2, 0.25) is 0 Å². The molecule has 1 amide bonds. The van der Waals surface area contributed by atoms with E-state index in [1.807, 2.05) is 0 Å². The van der Waals surface area contributed by atoms with Crippen LogP contribution in [0.15, 0.2) is 9.64 Å². The van der Waals surface area contributed by atoms with Gasteiger partial charge in [-0.25, -0.2) is 8.42 Å². The van der Waals surface area contributed by atoms with E-state index in [2.05, 4.69) is 22.4 Å². The maximum absolute atomic E-state index is 12.1. The minimum absolute atomic E-state index is 0.0260. The summed E-state index contributed by atoms with van der Waals surface area (Å²) < 4.78 is 28.5. The molecular formula is C15H23N3O4S2. The zero-order chi connectivity index (χ0) is 17.2. The van der Waals surface area contributed by atoms with Crippen molar-refractivity contribution in [2.24, 2.45) is 5.92 Å². The van der Waals surface area contributed by atoms with E-state index in [0.717, 1.165) is 12.8 Å². The first kappa shape index (κ1) is 17.7. The summed E-state index contributed by atoms with van der Waals surface area (Å²) in [6.45, 7) is 2.18. The number of nitrogens with zero attached hydrogens (tertiary/aromatic N) is 2. The minimum atomic E-state index is -2.98. The summed E-state index contributed by atoms with van der Waals surface area (Å²) in [4.78, 5) is 12.1. The van der Waals surface area contributed by atoms with Crippen molar-refractivity contribution in [3.05, 3.63) is 5.89 Å². The molecular weight excluding hydrogens is 350 g/mol. The maximum atomic E-state index is 12.1. The van der Waals surface area contributed by atoms with Gasteiger partial charge in [0.1, 0.15) is 0 Å². The van der Waals surface area contributed by atoms with Crippen molar-refractivity contribution >= 4 is 27.5 Å². The molecule has 1 aliphatic carbocycles. The molecule has 9 heteroatoms. The highest BCUT2D eigenvalue weighted by Crippen LogP contribution is 2.29. The highest BCUT2D eigenvalue weighted by Gasteiger charge is 2.33. The van der Waals surface area contributed by atoms with Gasteiger partial charge in [0.25, 0.3) is 5.22 Å². The molecule has 134 valence electrons. The third-order valence-corrected chi connectivity index (χ3v) is 7.37. The molecule has 1 aromatic rings. The second kappa shape index (κ2) is 7.43. The number of hydrogen-bond donors (Lipinski definition) is 1. The first-order valence-corrected chi connectivity index (χ1v) is 11.2. The number of amides is 1. The lowest BCUT2D eigenvalue weighted by Gasteiger charge is -2.29. The molecule has 2 aliphatic rings. The highest BCUT2D eigenvalue weighted by atomic mass is 32.2. The summed E-state index contributed by atoms with van der Waals surface area (Å²) in [5.74, 6) is 1.11. The highest BCUT2D eigenvalue weighted by molar-refractivity contribution is 7.99. The van der Waals surface area contributed by atoms with Crippen molar-refractivity contribution in [1.82, 2.24) is 15.5 Å². The zero-order valence-corrected chi connectivity index (χ0v) is 15.4. The second-order valence-corrected chi connectivity index (χ2v) is 9.89. The number of carbonyl (C=O) groups excluding carboxylic acids is 1. The van der Waals surface area contributed by atoms with Gasteiger partial charge in [-0.05, 0) is 25.2 Å². The molecule has 24 heavy (non-hydrogen) atoms. The SMILES string of the molecule is C[C@@H]1CCCC[C@H]1NC(=O)CSc1nnc([C@@H]2CCS(=O)(=O)C2)o1. The topological polar surface area (TPSA) is 102 Å². The number of thioether (sulfide) groups is 1. The van der Waals surface area contributed by atoms with Crippen LogP contribution in [0.4, 0.5) is 0 Å². The normalized spacial score (nSPS) is 29.5. The smallest absolute Gasteiger partial charge is 0.277 e. The quantitative estimate of drug-likeness (QED) is 0.785. The number of aromatic nitrogens is 2. The van der Waals surface area contributed by atoms with Crippen molar-refractivity contribution in [2.75, 3.05) is 17.3 Å². The summed E-state index contributed by atoms with van der Waals surface area (Å²) >= 11 is 1.20. The van der Waals surface area contributed by atoms with Crippen LogP contribution in [0, 0.1) is 5.92 Å². The Morgan fingerprint density at radius 3 is 2.79 bits per heavy atom. The van der Waals surface area contributed by atoms with Crippen LogP contribution in [0.25, 0.3) is 0 Å². The van der Waals surface area contributed by atoms with Crippen molar-refractivity contribution in [3.8, 4) is 0 Å². The Hall–Kier alpha value is -1.09. The van der Waals surface area contributed by atoms with Crippen LogP contribution in [-0.2, 0) is 14.6 Å². The third-order valence-electron chi connectivity index (χ3n) is 4.79. The average molecular weight is 374 g/mol. The fraction of sp³-hybridized carbons (Fsp3) is 0.800. The summed E-state index contributed by atoms with van der Waals surface area (Å²) in [6, 6.07) is 0.258. The number of rotatable bonds is 5. The van der Waals surface area contributed by atoms with Gasteiger partial charge in [-0.1, -0.05) is 31.5 Å². The Bertz CT molecular complexity index is 689. The van der Waals surface area contributed by atoms with Crippen LogP contribution in [-0.4, -0.2) is 47.8 Å². The molecule has 1 saturated carbocycles. The van der Waals surface area contributed by atoms with E-state index in [0.29, 0.717) is 23.5 Å². The van der Waals surface area contributed by atoms with Gasteiger partial charge in [0, 0.05) is 6.04 Å². The fourth-order valence-electron chi connectivity index (χ4n) is 3.34. The molecule has 3 atom stereocenters. The standard InChI is InChI=1S/C15H23N3O4S2/c1-10-4-2-3-5-12(10)16-13(19)8-23-15-18-17-14(22-15)11-6-7-24(20,21)9-11/h10-12H,2-9H2,1H3,(H,16,19)/t10-,11-,12-/m1/s1. The Kier molecular flexibility index (Phi) is 5.49. The molecule has 0 aromatic carbocycles. The molecule has 0 spiro atoms. The van der Waals surface area contributed by atoms with Crippen LogP contribution >= 0.6 is 11.8 Å². The van der Waals surface area contributed by atoms with Gasteiger partial charge in [-0.3, -0.25) is 4.79 Å². The fourth-order valence-corrected chi connectivity index (χ4v) is 5.65. The molecule has 2 heterocycles. The lowest BCUT2D eigenvalue weighted by Crippen LogP contribution is -2.41. The van der Waals surface area contributed by atoms with Gasteiger partial charge in [0.2, 0.25) is 11.8 Å². The molecule has 0 unspecified atom stereocenters. The van der Waals surface area contributed by atoms with E-state index >= 15 is 0 Å². The van der Waals surface area contributed by atoms with Crippen LogP contribution in [0.1, 0.15) is 50.8 Å². The zero-order valence-electron chi connectivity index (χ0n) is 13.7. The number of carbonyl (C=O) groups is 1. The largest absolute Gasteiger partial charge is 0.416 e. The van der Waals surface area contributed by atoms with Crippen LogP contribution in [0.5, 0.6) is 0 Å². The first-order chi connectivity index (χ1) is 11.4. The van der Waals surface area contributed by atoms with E-state index in [1.54, 1.807) is 0 Å². The van der Waals surface area contributed by atoms with Gasteiger partial charge in [-0.2, -0.15) is 0 Å². The molecule has 0 bridgehead atoms. The Morgan fingerprint density at radius 2 is 2.08 bits per heavy atom. The minimum Gasteiger partial charge on any atom is -0.416 e. The van der Waals surface area contributed by atoms with Gasteiger partial charge >= 0.3 is 0 Å². The molecule has 0 radical (unpaired) electrons. The maximum Gasteiger partial charge on any atom is 0.277 e. The Balaban J connectivity index is 1.47. The molecule has 2 fully saturated rings. The van der Waals surface area contributed by atoms with E-state index in [-0.39, 0.29) is 35.1 Å². The predicted octanol–water partition coefficient (Wildman–Crippen LogP) is 1.76. The van der Waals surface area contributed by atoms with Crippen LogP contribution < -0.4 is 5.32 Å². The van der Waals surface area contributed by atoms with E-state index in [4.69, 9.17) is 4.42 Å². The molecule has 7 nitrogen and oxygen atoms in total. The summed E-state index contributed by atoms with van der Waals surface area (Å²) in [7, 11) is -2.98. The van der Waals surface area contributed by atoms with E-state index in [1.165, 1.54) is 24.6 Å². The molecule has 3 rings (SSSR count). The third kappa shape index (κ3) is 4.50. The van der Waals surface area contributed by atoms with Crippen molar-refractivity contribution in [1.29, 1.82) is 0 Å². The first-order valence-electron chi connectivity index (χ1n) is 8.39. The van der Waals surface area contributed by atoms with Crippen LogP contribution in [0.3, 0.4) is 0 Å². The van der Waals surface area contributed by atoms with Gasteiger partial charge in [0.05, 0.1) is 23.2 Å².